The number of aromatic hydroxyl groups is 1. The van der Waals surface area contributed by atoms with Crippen LogP contribution in [0.3, 0.4) is 0 Å². The molecule has 0 radical (unpaired) electrons. The van der Waals surface area contributed by atoms with E-state index in [4.69, 9.17) is 9.84 Å². The van der Waals surface area contributed by atoms with Crippen LogP contribution in [0.1, 0.15) is 35.2 Å². The number of hydrogen-bond acceptors (Lipinski definition) is 6. The number of aromatic carboxylic acids is 1. The third-order valence-corrected chi connectivity index (χ3v) is 5.17. The number of rotatable bonds is 7. The SMILES string of the molecule is O=C(O)c1cc(OCc2cnc(-c3cccc(NC(=O)C4CCC4)c3)nc2)ccc1O. The number of carbonyl (C=O) groups is 2. The minimum absolute atomic E-state index is 0.0529. The number of benzene rings is 2. The first-order chi connectivity index (χ1) is 15.0. The largest absolute Gasteiger partial charge is 0.507 e. The predicted octanol–water partition coefficient (Wildman–Crippen LogP) is 3.87. The summed E-state index contributed by atoms with van der Waals surface area (Å²) in [4.78, 5) is 32.0. The van der Waals surface area contributed by atoms with Crippen LogP contribution < -0.4 is 10.1 Å². The van der Waals surface area contributed by atoms with Crippen LogP contribution in [-0.2, 0) is 11.4 Å². The molecule has 31 heavy (non-hydrogen) atoms. The summed E-state index contributed by atoms with van der Waals surface area (Å²) in [6.07, 6.45) is 6.25. The maximum Gasteiger partial charge on any atom is 0.339 e. The van der Waals surface area contributed by atoms with Crippen LogP contribution in [0.25, 0.3) is 11.4 Å². The van der Waals surface area contributed by atoms with Crippen molar-refractivity contribution >= 4 is 17.6 Å². The van der Waals surface area contributed by atoms with Gasteiger partial charge in [0.1, 0.15) is 23.7 Å². The van der Waals surface area contributed by atoms with Crippen molar-refractivity contribution in [2.75, 3.05) is 5.32 Å². The Kier molecular flexibility index (Phi) is 5.79. The van der Waals surface area contributed by atoms with Gasteiger partial charge >= 0.3 is 5.97 Å². The topological polar surface area (TPSA) is 122 Å². The first-order valence-corrected chi connectivity index (χ1v) is 9.91. The number of carboxylic acid groups (broad SMARTS) is 1. The molecule has 3 aromatic rings. The lowest BCUT2D eigenvalue weighted by Gasteiger charge is -2.24. The van der Waals surface area contributed by atoms with Crippen LogP contribution in [0.5, 0.6) is 11.5 Å². The summed E-state index contributed by atoms with van der Waals surface area (Å²) in [5, 5.41) is 21.6. The van der Waals surface area contributed by atoms with Crippen molar-refractivity contribution in [3.05, 3.63) is 66.0 Å². The minimum Gasteiger partial charge on any atom is -0.507 e. The van der Waals surface area contributed by atoms with E-state index in [0.717, 1.165) is 24.8 Å². The Morgan fingerprint density at radius 1 is 1.10 bits per heavy atom. The van der Waals surface area contributed by atoms with Gasteiger partial charge in [-0.25, -0.2) is 14.8 Å². The normalized spacial score (nSPS) is 13.3. The average Bonchev–Trinajstić information content (AvgIpc) is 2.72. The second-order valence-electron chi connectivity index (χ2n) is 7.39. The number of aromatic nitrogens is 2. The van der Waals surface area contributed by atoms with E-state index in [-0.39, 0.29) is 29.7 Å². The molecule has 158 valence electrons. The number of anilines is 1. The molecule has 0 aliphatic heterocycles. The van der Waals surface area contributed by atoms with E-state index in [2.05, 4.69) is 15.3 Å². The lowest BCUT2D eigenvalue weighted by atomic mass is 9.85. The second kappa shape index (κ2) is 8.83. The molecule has 0 unspecified atom stereocenters. The van der Waals surface area contributed by atoms with Crippen molar-refractivity contribution in [2.45, 2.75) is 25.9 Å². The summed E-state index contributed by atoms with van der Waals surface area (Å²) >= 11 is 0. The molecular weight excluding hydrogens is 398 g/mol. The van der Waals surface area contributed by atoms with Crippen LogP contribution in [0.15, 0.2) is 54.9 Å². The van der Waals surface area contributed by atoms with Crippen LogP contribution in [0.2, 0.25) is 0 Å². The molecule has 1 heterocycles. The lowest BCUT2D eigenvalue weighted by Crippen LogP contribution is -2.27. The molecule has 1 aliphatic carbocycles. The van der Waals surface area contributed by atoms with Crippen molar-refractivity contribution in [3.8, 4) is 22.9 Å². The average molecular weight is 419 g/mol. The maximum absolute atomic E-state index is 12.2. The predicted molar refractivity (Wildman–Crippen MR) is 113 cm³/mol. The second-order valence-corrected chi connectivity index (χ2v) is 7.39. The number of nitrogens with zero attached hydrogens (tertiary/aromatic N) is 2. The highest BCUT2D eigenvalue weighted by molar-refractivity contribution is 5.93. The van der Waals surface area contributed by atoms with Crippen LogP contribution in [-0.4, -0.2) is 32.1 Å². The molecule has 0 atom stereocenters. The molecule has 2 aromatic carbocycles. The maximum atomic E-state index is 12.2. The number of carboxylic acids is 1. The van der Waals surface area contributed by atoms with E-state index >= 15 is 0 Å². The van der Waals surface area contributed by atoms with Gasteiger partial charge in [-0.05, 0) is 43.2 Å². The first kappa shape index (κ1) is 20.3. The zero-order chi connectivity index (χ0) is 21.8. The number of hydrogen-bond donors (Lipinski definition) is 3. The van der Waals surface area contributed by atoms with Gasteiger partial charge in [0.25, 0.3) is 0 Å². The fourth-order valence-electron chi connectivity index (χ4n) is 3.17. The quantitative estimate of drug-likeness (QED) is 0.531. The van der Waals surface area contributed by atoms with E-state index in [1.54, 1.807) is 12.4 Å². The van der Waals surface area contributed by atoms with Gasteiger partial charge in [0, 0.05) is 35.1 Å². The monoisotopic (exact) mass is 419 g/mol. The number of ether oxygens (including phenoxy) is 1. The van der Waals surface area contributed by atoms with Gasteiger partial charge in [-0.3, -0.25) is 4.79 Å². The molecule has 3 N–H and O–H groups in total. The molecule has 8 heteroatoms. The van der Waals surface area contributed by atoms with Crippen molar-refractivity contribution in [1.82, 2.24) is 9.97 Å². The molecule has 0 bridgehead atoms. The molecule has 8 nitrogen and oxygen atoms in total. The van der Waals surface area contributed by atoms with Gasteiger partial charge in [0.2, 0.25) is 5.91 Å². The van der Waals surface area contributed by atoms with Crippen molar-refractivity contribution < 1.29 is 24.5 Å². The number of nitrogens with one attached hydrogen (secondary N) is 1. The highest BCUT2D eigenvalue weighted by Crippen LogP contribution is 2.28. The molecular formula is C23H21N3O5. The molecule has 1 aromatic heterocycles. The summed E-state index contributed by atoms with van der Waals surface area (Å²) < 4.78 is 5.58. The van der Waals surface area contributed by atoms with E-state index in [9.17, 15) is 14.7 Å². The fourth-order valence-corrected chi connectivity index (χ4v) is 3.17. The number of phenols is 1. The zero-order valence-corrected chi connectivity index (χ0v) is 16.6. The Hall–Kier alpha value is -3.94. The van der Waals surface area contributed by atoms with Gasteiger partial charge < -0.3 is 20.3 Å². The molecule has 1 fully saturated rings. The first-order valence-electron chi connectivity index (χ1n) is 9.91. The third kappa shape index (κ3) is 4.80. The molecule has 1 amide bonds. The van der Waals surface area contributed by atoms with Gasteiger partial charge in [-0.2, -0.15) is 0 Å². The third-order valence-electron chi connectivity index (χ3n) is 5.17. The van der Waals surface area contributed by atoms with E-state index in [0.29, 0.717) is 22.8 Å². The van der Waals surface area contributed by atoms with Gasteiger partial charge in [0.05, 0.1) is 0 Å². The highest BCUT2D eigenvalue weighted by atomic mass is 16.5. The number of carbonyl (C=O) groups excluding carboxylic acids is 1. The van der Waals surface area contributed by atoms with Crippen molar-refractivity contribution in [3.63, 3.8) is 0 Å². The highest BCUT2D eigenvalue weighted by Gasteiger charge is 2.25. The Morgan fingerprint density at radius 3 is 2.55 bits per heavy atom. The van der Waals surface area contributed by atoms with Gasteiger partial charge in [-0.1, -0.05) is 18.6 Å². The summed E-state index contributed by atoms with van der Waals surface area (Å²) in [7, 11) is 0. The standard InChI is InChI=1S/C23H21N3O5/c27-20-8-7-18(10-19(20)23(29)30)31-13-14-11-24-21(25-12-14)16-5-2-6-17(9-16)26-22(28)15-3-1-4-15/h2,5-12,15,27H,1,3-4,13H2,(H,26,28)(H,29,30). The van der Waals surface area contributed by atoms with Crippen LogP contribution >= 0.6 is 0 Å². The van der Waals surface area contributed by atoms with E-state index < -0.39 is 5.97 Å². The fraction of sp³-hybridized carbons (Fsp3) is 0.217. The van der Waals surface area contributed by atoms with Crippen molar-refractivity contribution in [1.29, 1.82) is 0 Å². The van der Waals surface area contributed by atoms with Crippen molar-refractivity contribution in [2.24, 2.45) is 5.92 Å². The van der Waals surface area contributed by atoms with Gasteiger partial charge in [0.15, 0.2) is 5.82 Å². The molecule has 1 aliphatic rings. The summed E-state index contributed by atoms with van der Waals surface area (Å²) in [6, 6.07) is 11.4. The Labute approximate surface area is 178 Å². The smallest absolute Gasteiger partial charge is 0.339 e. The minimum atomic E-state index is -1.23. The molecule has 0 saturated heterocycles. The number of amides is 1. The summed E-state index contributed by atoms with van der Waals surface area (Å²) in [6.45, 7) is 0.140. The summed E-state index contributed by atoms with van der Waals surface area (Å²) in [5.41, 5.74) is 1.96. The zero-order valence-electron chi connectivity index (χ0n) is 16.6. The van der Waals surface area contributed by atoms with E-state index in [1.165, 1.54) is 18.2 Å². The molecule has 4 rings (SSSR count). The lowest BCUT2D eigenvalue weighted by molar-refractivity contribution is -0.122. The van der Waals surface area contributed by atoms with Gasteiger partial charge in [-0.15, -0.1) is 0 Å². The Bertz CT molecular complexity index is 1110. The molecule has 0 spiro atoms. The Morgan fingerprint density at radius 2 is 1.87 bits per heavy atom. The Balaban J connectivity index is 1.40. The molecule has 1 saturated carbocycles. The summed E-state index contributed by atoms with van der Waals surface area (Å²) in [5.74, 6) is -0.563. The van der Waals surface area contributed by atoms with E-state index in [1.807, 2.05) is 24.3 Å². The van der Waals surface area contributed by atoms with Crippen LogP contribution in [0.4, 0.5) is 5.69 Å². The van der Waals surface area contributed by atoms with Crippen LogP contribution in [0, 0.1) is 5.92 Å².